The molecule has 3 aromatic rings. The molecule has 0 saturated heterocycles. The van der Waals surface area contributed by atoms with Crippen LogP contribution < -0.4 is 26.3 Å². The third-order valence-corrected chi connectivity index (χ3v) is 5.29. The van der Waals surface area contributed by atoms with Crippen LogP contribution in [0.5, 0.6) is 17.6 Å². The molecule has 1 unspecified atom stereocenters. The maximum absolute atomic E-state index is 13.4. The Morgan fingerprint density at radius 2 is 1.77 bits per heavy atom. The monoisotopic (exact) mass is 560 g/mol. The van der Waals surface area contributed by atoms with Gasteiger partial charge in [-0.25, -0.2) is 9.18 Å². The number of nitrogens with zero attached hydrogens (tertiary/aromatic N) is 3. The molecule has 0 aliphatic rings. The van der Waals surface area contributed by atoms with Gasteiger partial charge >= 0.3 is 12.0 Å². The normalized spacial score (nSPS) is 11.8. The molecule has 40 heavy (non-hydrogen) atoms. The Morgan fingerprint density at radius 1 is 1.10 bits per heavy atom. The van der Waals surface area contributed by atoms with Gasteiger partial charge in [-0.3, -0.25) is 4.79 Å². The number of hydrogen-bond acceptors (Lipinski definition) is 9. The van der Waals surface area contributed by atoms with Gasteiger partial charge in [0, 0.05) is 6.54 Å². The maximum atomic E-state index is 13.4. The Hall–Kier alpha value is -4.72. The maximum Gasteiger partial charge on any atom is 0.412 e. The molecule has 1 amide bonds. The van der Waals surface area contributed by atoms with Gasteiger partial charge in [-0.1, -0.05) is 31.1 Å². The second kappa shape index (κ2) is 15.0. The number of amides is 1. The number of hydrogen-bond donors (Lipinski definition) is 5. The summed E-state index contributed by atoms with van der Waals surface area (Å²) in [5.41, 5.74) is 12.6. The molecular weight excluding hydrogens is 527 g/mol. The fourth-order valence-electron chi connectivity index (χ4n) is 3.43. The molecule has 1 atom stereocenters. The number of methoxy groups -OCH3 is 2. The highest BCUT2D eigenvalue weighted by molar-refractivity contribution is 5.94. The predicted molar refractivity (Wildman–Crippen MR) is 143 cm³/mol. The van der Waals surface area contributed by atoms with Crippen LogP contribution in [0, 0.1) is 11.7 Å². The van der Waals surface area contributed by atoms with Crippen molar-refractivity contribution in [3.05, 3.63) is 53.3 Å². The zero-order chi connectivity index (χ0) is 29.8. The summed E-state index contributed by atoms with van der Waals surface area (Å²) >= 11 is 0. The van der Waals surface area contributed by atoms with Crippen LogP contribution in [0.15, 0.2) is 45.8 Å². The highest BCUT2D eigenvalue weighted by Crippen LogP contribution is 2.28. The number of aliphatic imine (C=N–C) groups is 1. The van der Waals surface area contributed by atoms with Gasteiger partial charge in [0.05, 0.1) is 26.2 Å². The van der Waals surface area contributed by atoms with Crippen molar-refractivity contribution in [2.75, 3.05) is 14.2 Å². The SMILES string of the molecule is COc1ccc(CC(=O)N=C(N)NC(CC(C)C)C(=O)O)cc1OC.NCc1ccc(F)c(-c2nnc(O)o2)c1. The van der Waals surface area contributed by atoms with E-state index >= 15 is 0 Å². The second-order valence-electron chi connectivity index (χ2n) is 8.83. The predicted octanol–water partition coefficient (Wildman–Crippen LogP) is 2.22. The number of nitrogens with two attached hydrogens (primary N) is 2. The average Bonchev–Trinajstić information content (AvgIpc) is 3.34. The number of carbonyl (C=O) groups excluding carboxylic acids is 1. The molecule has 0 saturated carbocycles. The first-order valence-corrected chi connectivity index (χ1v) is 12.1. The molecule has 1 aromatic heterocycles. The second-order valence-corrected chi connectivity index (χ2v) is 8.83. The van der Waals surface area contributed by atoms with Crippen LogP contribution in [0.25, 0.3) is 11.5 Å². The quantitative estimate of drug-likeness (QED) is 0.179. The first-order chi connectivity index (χ1) is 19.0. The summed E-state index contributed by atoms with van der Waals surface area (Å²) < 4.78 is 28.4. The lowest BCUT2D eigenvalue weighted by atomic mass is 10.0. The Bertz CT molecular complexity index is 1330. The molecule has 14 heteroatoms. The number of benzene rings is 2. The van der Waals surface area contributed by atoms with E-state index in [2.05, 4.69) is 20.5 Å². The van der Waals surface area contributed by atoms with Crippen molar-refractivity contribution in [1.29, 1.82) is 0 Å². The first kappa shape index (κ1) is 31.5. The standard InChI is InChI=1S/C17H25N3O5.C9H8FN3O2/c1-10(2)7-12(16(22)23)19-17(18)20-15(21)9-11-5-6-13(24-3)14(8-11)25-4;10-7-2-1-5(4-11)3-6(7)8-12-13-9(14)15-8/h5-6,8,10,12H,7,9H2,1-4H3,(H,22,23)(H3,18,19,20,21);1-3H,4,11H2,(H,13,14). The summed E-state index contributed by atoms with van der Waals surface area (Å²) in [6.45, 7) is 4.08. The van der Waals surface area contributed by atoms with Crippen LogP contribution in [-0.2, 0) is 22.6 Å². The van der Waals surface area contributed by atoms with Crippen molar-refractivity contribution < 1.29 is 38.1 Å². The van der Waals surface area contributed by atoms with Crippen molar-refractivity contribution in [1.82, 2.24) is 15.5 Å². The minimum Gasteiger partial charge on any atom is -0.493 e. The smallest absolute Gasteiger partial charge is 0.412 e. The molecule has 0 radical (unpaired) electrons. The summed E-state index contributed by atoms with van der Waals surface area (Å²) in [5.74, 6) is -1.10. The number of carboxylic acid groups (broad SMARTS) is 1. The van der Waals surface area contributed by atoms with Crippen molar-refractivity contribution in [3.8, 4) is 29.0 Å². The summed E-state index contributed by atoms with van der Waals surface area (Å²) in [6, 6.07) is 8.52. The molecule has 0 aliphatic heterocycles. The number of rotatable bonds is 10. The molecular formula is C26H33FN6O7. The zero-order valence-corrected chi connectivity index (χ0v) is 22.6. The zero-order valence-electron chi connectivity index (χ0n) is 22.6. The van der Waals surface area contributed by atoms with Crippen molar-refractivity contribution in [2.45, 2.75) is 39.3 Å². The molecule has 216 valence electrons. The van der Waals surface area contributed by atoms with E-state index in [0.717, 1.165) is 5.56 Å². The van der Waals surface area contributed by atoms with Crippen LogP contribution in [-0.4, -0.2) is 58.5 Å². The number of carbonyl (C=O) groups is 2. The summed E-state index contributed by atoms with van der Waals surface area (Å²) in [4.78, 5) is 26.9. The molecule has 0 fully saturated rings. The minimum atomic E-state index is -1.04. The molecule has 13 nitrogen and oxygen atoms in total. The highest BCUT2D eigenvalue weighted by atomic mass is 19.1. The molecule has 7 N–H and O–H groups in total. The van der Waals surface area contributed by atoms with Gasteiger partial charge < -0.3 is 40.9 Å². The van der Waals surface area contributed by atoms with Crippen LogP contribution >= 0.6 is 0 Å². The minimum absolute atomic E-state index is 0.00462. The molecule has 3 rings (SSSR count). The van der Waals surface area contributed by atoms with Crippen molar-refractivity contribution >= 4 is 17.8 Å². The number of carboxylic acids is 1. The lowest BCUT2D eigenvalue weighted by molar-refractivity contribution is -0.139. The van der Waals surface area contributed by atoms with E-state index in [9.17, 15) is 14.0 Å². The molecule has 2 aromatic carbocycles. The molecule has 1 heterocycles. The number of ether oxygens (including phenoxy) is 2. The van der Waals surface area contributed by atoms with Gasteiger partial charge in [-0.15, -0.1) is 5.10 Å². The number of aromatic nitrogens is 2. The molecule has 0 aliphatic carbocycles. The first-order valence-electron chi connectivity index (χ1n) is 12.1. The van der Waals surface area contributed by atoms with E-state index in [-0.39, 0.29) is 36.3 Å². The van der Waals surface area contributed by atoms with E-state index in [1.54, 1.807) is 24.3 Å². The third kappa shape index (κ3) is 9.54. The fourth-order valence-corrected chi connectivity index (χ4v) is 3.43. The van der Waals surface area contributed by atoms with E-state index in [0.29, 0.717) is 23.5 Å². The Morgan fingerprint density at radius 3 is 2.33 bits per heavy atom. The number of aliphatic carboxylic acids is 1. The Balaban J connectivity index is 0.000000315. The fraction of sp³-hybridized carbons (Fsp3) is 0.346. The van der Waals surface area contributed by atoms with E-state index in [1.165, 1.54) is 26.4 Å². The van der Waals surface area contributed by atoms with E-state index in [4.69, 9.17) is 35.6 Å². The van der Waals surface area contributed by atoms with Crippen molar-refractivity contribution in [3.63, 3.8) is 0 Å². The van der Waals surface area contributed by atoms with Gasteiger partial charge in [0.25, 0.3) is 11.8 Å². The number of nitrogens with one attached hydrogen (secondary N) is 1. The van der Waals surface area contributed by atoms with E-state index < -0.39 is 29.8 Å². The van der Waals surface area contributed by atoms with Crippen LogP contribution in [0.2, 0.25) is 0 Å². The number of guanidine groups is 1. The van der Waals surface area contributed by atoms with Crippen LogP contribution in [0.1, 0.15) is 31.4 Å². The van der Waals surface area contributed by atoms with Gasteiger partial charge in [-0.05, 0) is 47.7 Å². The Kier molecular flexibility index (Phi) is 11.8. The average molecular weight is 561 g/mol. The Labute approximate surface area is 230 Å². The molecule has 0 spiro atoms. The van der Waals surface area contributed by atoms with Crippen LogP contribution in [0.3, 0.4) is 0 Å². The van der Waals surface area contributed by atoms with Gasteiger partial charge in [-0.2, -0.15) is 4.99 Å². The van der Waals surface area contributed by atoms with Crippen molar-refractivity contribution in [2.24, 2.45) is 22.4 Å². The lowest BCUT2D eigenvalue weighted by Gasteiger charge is -2.16. The number of aromatic hydroxyl groups is 1. The highest BCUT2D eigenvalue weighted by Gasteiger charge is 2.20. The van der Waals surface area contributed by atoms with Gasteiger partial charge in [0.15, 0.2) is 17.5 Å². The number of halogens is 1. The third-order valence-electron chi connectivity index (χ3n) is 5.29. The van der Waals surface area contributed by atoms with Gasteiger partial charge in [0.2, 0.25) is 0 Å². The van der Waals surface area contributed by atoms with E-state index in [1.807, 2.05) is 13.8 Å². The lowest BCUT2D eigenvalue weighted by Crippen LogP contribution is -2.45. The summed E-state index contributed by atoms with van der Waals surface area (Å²) in [7, 11) is 3.03. The van der Waals surface area contributed by atoms with Crippen LogP contribution in [0.4, 0.5) is 4.39 Å². The topological polar surface area (TPSA) is 208 Å². The van der Waals surface area contributed by atoms with Gasteiger partial charge in [0.1, 0.15) is 11.9 Å². The summed E-state index contributed by atoms with van der Waals surface area (Å²) in [5, 5.41) is 27.3. The largest absolute Gasteiger partial charge is 0.493 e. The molecule has 0 bridgehead atoms. The summed E-state index contributed by atoms with van der Waals surface area (Å²) in [6.07, 6.45) is -0.220.